The summed E-state index contributed by atoms with van der Waals surface area (Å²) in [4.78, 5) is 20.7. The van der Waals surface area contributed by atoms with E-state index in [2.05, 4.69) is 25.9 Å². The van der Waals surface area contributed by atoms with Gasteiger partial charge in [-0.2, -0.15) is 0 Å². The summed E-state index contributed by atoms with van der Waals surface area (Å²) in [5.41, 5.74) is 3.61. The molecule has 0 spiro atoms. The second-order valence-corrected chi connectivity index (χ2v) is 4.92. The first-order valence-electron chi connectivity index (χ1n) is 5.53. The molecule has 3 rings (SSSR count). The molecule has 1 aromatic heterocycles. The van der Waals surface area contributed by atoms with E-state index in [0.29, 0.717) is 11.1 Å². The van der Waals surface area contributed by atoms with Crippen molar-refractivity contribution in [2.45, 2.75) is 6.92 Å². The molecule has 3 aromatic rings. The average Bonchev–Trinajstić information content (AvgIpc) is 2.36. The summed E-state index contributed by atoms with van der Waals surface area (Å²) in [6.45, 7) is 1.54. The molecule has 0 atom stereocenters. The molecular formula is C14H9BrN2O. The van der Waals surface area contributed by atoms with Crippen LogP contribution in [0.1, 0.15) is 17.3 Å². The molecule has 0 aliphatic heterocycles. The molecule has 0 bridgehead atoms. The third-order valence-electron chi connectivity index (χ3n) is 2.82. The number of para-hydroxylation sites is 2. The fourth-order valence-electron chi connectivity index (χ4n) is 1.97. The van der Waals surface area contributed by atoms with E-state index in [-0.39, 0.29) is 5.78 Å². The van der Waals surface area contributed by atoms with Gasteiger partial charge in [-0.25, -0.2) is 9.97 Å². The van der Waals surface area contributed by atoms with Crippen LogP contribution in [0.3, 0.4) is 0 Å². The maximum absolute atomic E-state index is 11.6. The van der Waals surface area contributed by atoms with Crippen LogP contribution >= 0.6 is 15.9 Å². The molecule has 3 nitrogen and oxygen atoms in total. The topological polar surface area (TPSA) is 42.9 Å². The molecule has 0 N–H and O–H groups in total. The third-order valence-corrected chi connectivity index (χ3v) is 3.46. The Labute approximate surface area is 112 Å². The zero-order valence-electron chi connectivity index (χ0n) is 9.64. The number of halogens is 1. The van der Waals surface area contributed by atoms with Gasteiger partial charge in [-0.05, 0) is 47.1 Å². The minimum atomic E-state index is 0.00393. The van der Waals surface area contributed by atoms with Crippen LogP contribution in [0.5, 0.6) is 0 Å². The van der Waals surface area contributed by atoms with E-state index in [1.165, 1.54) is 0 Å². The van der Waals surface area contributed by atoms with Crippen LogP contribution in [-0.4, -0.2) is 15.8 Å². The van der Waals surface area contributed by atoms with Crippen LogP contribution < -0.4 is 0 Å². The van der Waals surface area contributed by atoms with Gasteiger partial charge in [0, 0.05) is 10.0 Å². The van der Waals surface area contributed by atoms with Crippen LogP contribution in [0.4, 0.5) is 0 Å². The standard InChI is InChI=1S/C14H9BrN2O/c1-8(18)9-4-2-6-11-13(9)16-12-7-3-5-10(15)14(12)17-11/h2-7H,1H3. The van der Waals surface area contributed by atoms with Crippen molar-refractivity contribution in [3.05, 3.63) is 46.4 Å². The van der Waals surface area contributed by atoms with Gasteiger partial charge in [0.25, 0.3) is 0 Å². The highest BCUT2D eigenvalue weighted by Crippen LogP contribution is 2.24. The zero-order valence-corrected chi connectivity index (χ0v) is 11.2. The van der Waals surface area contributed by atoms with Crippen LogP contribution in [0.25, 0.3) is 22.1 Å². The van der Waals surface area contributed by atoms with Gasteiger partial charge in [0.15, 0.2) is 5.78 Å². The van der Waals surface area contributed by atoms with Crippen molar-refractivity contribution in [1.82, 2.24) is 9.97 Å². The molecule has 0 aliphatic rings. The molecule has 4 heteroatoms. The third kappa shape index (κ3) is 1.69. The summed E-state index contributed by atoms with van der Waals surface area (Å²) < 4.78 is 0.905. The second kappa shape index (κ2) is 4.14. The van der Waals surface area contributed by atoms with Crippen molar-refractivity contribution < 1.29 is 4.79 Å². The van der Waals surface area contributed by atoms with E-state index in [1.54, 1.807) is 13.0 Å². The summed E-state index contributed by atoms with van der Waals surface area (Å²) in [5, 5.41) is 0. The SMILES string of the molecule is CC(=O)c1cccc2nc3c(Br)cccc3nc12. The zero-order chi connectivity index (χ0) is 12.7. The van der Waals surface area contributed by atoms with Gasteiger partial charge in [0.1, 0.15) is 11.0 Å². The first kappa shape index (κ1) is 11.3. The molecule has 0 saturated heterocycles. The molecule has 18 heavy (non-hydrogen) atoms. The Hall–Kier alpha value is -1.81. The number of nitrogens with zero attached hydrogens (tertiary/aromatic N) is 2. The molecule has 88 valence electrons. The monoisotopic (exact) mass is 300 g/mol. The summed E-state index contributed by atoms with van der Waals surface area (Å²) in [7, 11) is 0. The van der Waals surface area contributed by atoms with E-state index >= 15 is 0 Å². The lowest BCUT2D eigenvalue weighted by Gasteiger charge is -2.05. The lowest BCUT2D eigenvalue weighted by atomic mass is 10.1. The maximum atomic E-state index is 11.6. The van der Waals surface area contributed by atoms with Crippen molar-refractivity contribution in [2.75, 3.05) is 0 Å². The predicted octanol–water partition coefficient (Wildman–Crippen LogP) is 3.75. The minimum Gasteiger partial charge on any atom is -0.294 e. The number of carbonyl (C=O) groups excluding carboxylic acids is 1. The molecule has 0 aliphatic carbocycles. The summed E-state index contributed by atoms with van der Waals surface area (Å²) in [5.74, 6) is 0.00393. The lowest BCUT2D eigenvalue weighted by molar-refractivity contribution is 0.101. The molecule has 1 heterocycles. The Morgan fingerprint density at radius 3 is 2.33 bits per heavy atom. The maximum Gasteiger partial charge on any atom is 0.162 e. The van der Waals surface area contributed by atoms with Gasteiger partial charge in [-0.3, -0.25) is 4.79 Å². The minimum absolute atomic E-state index is 0.00393. The summed E-state index contributed by atoms with van der Waals surface area (Å²) in [6, 6.07) is 11.2. The largest absolute Gasteiger partial charge is 0.294 e. The first-order chi connectivity index (χ1) is 8.66. The van der Waals surface area contributed by atoms with Gasteiger partial charge < -0.3 is 0 Å². The quantitative estimate of drug-likeness (QED) is 0.508. The van der Waals surface area contributed by atoms with Crippen LogP contribution in [-0.2, 0) is 0 Å². The van der Waals surface area contributed by atoms with E-state index in [1.807, 2.05) is 30.3 Å². The Balaban J connectivity index is 2.49. The number of Topliss-reactive ketones (excluding diaryl/α,β-unsaturated/α-hetero) is 1. The molecule has 2 aromatic carbocycles. The Morgan fingerprint density at radius 2 is 1.61 bits per heavy atom. The van der Waals surface area contributed by atoms with E-state index in [9.17, 15) is 4.79 Å². The van der Waals surface area contributed by atoms with Crippen LogP contribution in [0.2, 0.25) is 0 Å². The van der Waals surface area contributed by atoms with Crippen molar-refractivity contribution in [1.29, 1.82) is 0 Å². The van der Waals surface area contributed by atoms with Crippen LogP contribution in [0.15, 0.2) is 40.9 Å². The number of ketones is 1. The predicted molar refractivity (Wildman–Crippen MR) is 74.7 cm³/mol. The number of hydrogen-bond donors (Lipinski definition) is 0. The molecule has 0 unspecified atom stereocenters. The van der Waals surface area contributed by atoms with Crippen LogP contribution in [0, 0.1) is 0 Å². The van der Waals surface area contributed by atoms with E-state index in [4.69, 9.17) is 0 Å². The number of carbonyl (C=O) groups is 1. The smallest absolute Gasteiger partial charge is 0.162 e. The second-order valence-electron chi connectivity index (χ2n) is 4.06. The summed E-state index contributed by atoms with van der Waals surface area (Å²) >= 11 is 3.46. The van der Waals surface area contributed by atoms with Crippen molar-refractivity contribution >= 4 is 43.8 Å². The molecule has 0 fully saturated rings. The molecular weight excluding hydrogens is 292 g/mol. The average molecular weight is 301 g/mol. The highest BCUT2D eigenvalue weighted by molar-refractivity contribution is 9.10. The Morgan fingerprint density at radius 1 is 1.00 bits per heavy atom. The highest BCUT2D eigenvalue weighted by atomic mass is 79.9. The normalized spacial score (nSPS) is 11.0. The number of rotatable bonds is 1. The van der Waals surface area contributed by atoms with Gasteiger partial charge in [0.05, 0.1) is 11.0 Å². The lowest BCUT2D eigenvalue weighted by Crippen LogP contribution is -1.97. The molecule has 0 radical (unpaired) electrons. The Kier molecular flexibility index (Phi) is 2.59. The van der Waals surface area contributed by atoms with Crippen molar-refractivity contribution in [3.8, 4) is 0 Å². The van der Waals surface area contributed by atoms with Crippen molar-refractivity contribution in [3.63, 3.8) is 0 Å². The number of benzene rings is 2. The first-order valence-corrected chi connectivity index (χ1v) is 6.32. The number of fused-ring (bicyclic) bond motifs is 2. The van der Waals surface area contributed by atoms with Gasteiger partial charge in [0.2, 0.25) is 0 Å². The fourth-order valence-corrected chi connectivity index (χ4v) is 2.41. The summed E-state index contributed by atoms with van der Waals surface area (Å²) in [6.07, 6.45) is 0. The van der Waals surface area contributed by atoms with Gasteiger partial charge in [-0.1, -0.05) is 12.1 Å². The Bertz CT molecular complexity index is 783. The van der Waals surface area contributed by atoms with Crippen molar-refractivity contribution in [2.24, 2.45) is 0 Å². The fraction of sp³-hybridized carbons (Fsp3) is 0.0714. The van der Waals surface area contributed by atoms with E-state index < -0.39 is 0 Å². The molecule has 0 amide bonds. The number of aromatic nitrogens is 2. The van der Waals surface area contributed by atoms with Gasteiger partial charge in [-0.15, -0.1) is 0 Å². The van der Waals surface area contributed by atoms with E-state index in [0.717, 1.165) is 21.0 Å². The van der Waals surface area contributed by atoms with Gasteiger partial charge >= 0.3 is 0 Å². The highest BCUT2D eigenvalue weighted by Gasteiger charge is 2.10. The number of hydrogen-bond acceptors (Lipinski definition) is 3. The molecule has 0 saturated carbocycles.